The molecule has 3 heteroatoms. The molecular weight excluding hydrogens is 264 g/mol. The highest BCUT2D eigenvalue weighted by atomic mass is 16.5. The van der Waals surface area contributed by atoms with E-state index in [0.717, 1.165) is 23.5 Å². The number of hydrogen-bond acceptors (Lipinski definition) is 3. The fraction of sp³-hybridized carbons (Fsp3) is 0.278. The first-order chi connectivity index (χ1) is 10.1. The van der Waals surface area contributed by atoms with Crippen LogP contribution in [0.25, 0.3) is 0 Å². The van der Waals surface area contributed by atoms with Gasteiger partial charge in [0.05, 0.1) is 7.11 Å². The van der Waals surface area contributed by atoms with E-state index in [1.807, 2.05) is 24.3 Å². The van der Waals surface area contributed by atoms with Crippen LogP contribution in [-0.2, 0) is 13.0 Å². The minimum Gasteiger partial charge on any atom is -0.496 e. The number of ketones is 1. The Morgan fingerprint density at radius 3 is 2.62 bits per heavy atom. The summed E-state index contributed by atoms with van der Waals surface area (Å²) in [5.41, 5.74) is 2.76. The van der Waals surface area contributed by atoms with Gasteiger partial charge in [-0.05, 0) is 49.2 Å². The molecule has 2 aromatic carbocycles. The molecule has 0 heterocycles. The van der Waals surface area contributed by atoms with E-state index >= 15 is 0 Å². The SMILES string of the molecule is CCc1cccc(OCc2cc(C(C)=O)ccc2OC)c1. The van der Waals surface area contributed by atoms with Crippen LogP contribution in [0.15, 0.2) is 42.5 Å². The largest absolute Gasteiger partial charge is 0.496 e. The van der Waals surface area contributed by atoms with E-state index in [0.29, 0.717) is 12.2 Å². The molecule has 0 atom stereocenters. The Balaban J connectivity index is 2.17. The van der Waals surface area contributed by atoms with Crippen LogP contribution in [0.2, 0.25) is 0 Å². The summed E-state index contributed by atoms with van der Waals surface area (Å²) in [6.45, 7) is 4.03. The van der Waals surface area contributed by atoms with Crippen molar-refractivity contribution in [2.45, 2.75) is 26.9 Å². The summed E-state index contributed by atoms with van der Waals surface area (Å²) < 4.78 is 11.1. The second-order valence-corrected chi connectivity index (χ2v) is 4.87. The molecule has 2 rings (SSSR count). The lowest BCUT2D eigenvalue weighted by Gasteiger charge is -2.12. The summed E-state index contributed by atoms with van der Waals surface area (Å²) in [6.07, 6.45) is 0.973. The molecule has 0 amide bonds. The van der Waals surface area contributed by atoms with E-state index in [1.165, 1.54) is 5.56 Å². The van der Waals surface area contributed by atoms with Gasteiger partial charge in [-0.3, -0.25) is 4.79 Å². The number of rotatable bonds is 6. The van der Waals surface area contributed by atoms with Gasteiger partial charge < -0.3 is 9.47 Å². The van der Waals surface area contributed by atoms with Gasteiger partial charge >= 0.3 is 0 Å². The molecule has 2 aromatic rings. The van der Waals surface area contributed by atoms with E-state index in [1.54, 1.807) is 26.2 Å². The zero-order valence-corrected chi connectivity index (χ0v) is 12.7. The minimum atomic E-state index is 0.0342. The smallest absolute Gasteiger partial charge is 0.159 e. The molecule has 21 heavy (non-hydrogen) atoms. The van der Waals surface area contributed by atoms with Crippen molar-refractivity contribution in [2.75, 3.05) is 7.11 Å². The maximum absolute atomic E-state index is 11.5. The summed E-state index contributed by atoms with van der Waals surface area (Å²) in [5.74, 6) is 1.59. The number of carbonyl (C=O) groups is 1. The summed E-state index contributed by atoms with van der Waals surface area (Å²) in [5, 5.41) is 0. The Morgan fingerprint density at radius 1 is 1.14 bits per heavy atom. The zero-order chi connectivity index (χ0) is 15.2. The molecule has 0 saturated heterocycles. The molecule has 0 bridgehead atoms. The molecule has 0 aromatic heterocycles. The molecular formula is C18H20O3. The van der Waals surface area contributed by atoms with Gasteiger partial charge in [0, 0.05) is 11.1 Å². The number of ether oxygens (including phenoxy) is 2. The summed E-state index contributed by atoms with van der Waals surface area (Å²) in [6, 6.07) is 13.4. The zero-order valence-electron chi connectivity index (χ0n) is 12.7. The Hall–Kier alpha value is -2.29. The van der Waals surface area contributed by atoms with Crippen molar-refractivity contribution in [1.29, 1.82) is 0 Å². The minimum absolute atomic E-state index is 0.0342. The van der Waals surface area contributed by atoms with E-state index in [9.17, 15) is 4.79 Å². The Kier molecular flexibility index (Phi) is 4.99. The summed E-state index contributed by atoms with van der Waals surface area (Å²) in [7, 11) is 1.62. The normalized spacial score (nSPS) is 10.2. The van der Waals surface area contributed by atoms with E-state index < -0.39 is 0 Å². The number of methoxy groups -OCH3 is 1. The van der Waals surface area contributed by atoms with Crippen LogP contribution >= 0.6 is 0 Å². The van der Waals surface area contributed by atoms with Crippen LogP contribution in [0.5, 0.6) is 11.5 Å². The molecule has 0 fully saturated rings. The maximum Gasteiger partial charge on any atom is 0.159 e. The predicted molar refractivity (Wildman–Crippen MR) is 83.2 cm³/mol. The summed E-state index contributed by atoms with van der Waals surface area (Å²) in [4.78, 5) is 11.5. The van der Waals surface area contributed by atoms with E-state index in [2.05, 4.69) is 13.0 Å². The molecule has 0 spiro atoms. The Morgan fingerprint density at radius 2 is 1.95 bits per heavy atom. The van der Waals surface area contributed by atoms with Crippen molar-refractivity contribution < 1.29 is 14.3 Å². The second kappa shape index (κ2) is 6.93. The van der Waals surface area contributed by atoms with Gasteiger partial charge in [-0.25, -0.2) is 0 Å². The Labute approximate surface area is 125 Å². The van der Waals surface area contributed by atoms with Crippen molar-refractivity contribution in [3.05, 3.63) is 59.2 Å². The van der Waals surface area contributed by atoms with Crippen LogP contribution in [0.1, 0.15) is 35.3 Å². The van der Waals surface area contributed by atoms with Crippen LogP contribution in [0, 0.1) is 0 Å². The number of hydrogen-bond donors (Lipinski definition) is 0. The highest BCUT2D eigenvalue weighted by molar-refractivity contribution is 5.94. The lowest BCUT2D eigenvalue weighted by atomic mass is 10.1. The fourth-order valence-corrected chi connectivity index (χ4v) is 2.13. The van der Waals surface area contributed by atoms with Crippen molar-refractivity contribution in [1.82, 2.24) is 0 Å². The van der Waals surface area contributed by atoms with Crippen LogP contribution in [0.4, 0.5) is 0 Å². The van der Waals surface area contributed by atoms with Crippen molar-refractivity contribution >= 4 is 5.78 Å². The maximum atomic E-state index is 11.5. The van der Waals surface area contributed by atoms with Gasteiger partial charge in [0.1, 0.15) is 18.1 Å². The number of carbonyl (C=O) groups excluding carboxylic acids is 1. The van der Waals surface area contributed by atoms with Crippen LogP contribution < -0.4 is 9.47 Å². The molecule has 0 aliphatic rings. The van der Waals surface area contributed by atoms with Crippen molar-refractivity contribution in [2.24, 2.45) is 0 Å². The molecule has 0 unspecified atom stereocenters. The average molecular weight is 284 g/mol. The molecule has 0 radical (unpaired) electrons. The topological polar surface area (TPSA) is 35.5 Å². The fourth-order valence-electron chi connectivity index (χ4n) is 2.13. The lowest BCUT2D eigenvalue weighted by molar-refractivity contribution is 0.101. The van der Waals surface area contributed by atoms with E-state index in [4.69, 9.17) is 9.47 Å². The molecule has 0 saturated carbocycles. The van der Waals surface area contributed by atoms with Gasteiger partial charge in [0.15, 0.2) is 5.78 Å². The number of benzene rings is 2. The van der Waals surface area contributed by atoms with Gasteiger partial charge in [-0.15, -0.1) is 0 Å². The first kappa shape index (κ1) is 15.1. The van der Waals surface area contributed by atoms with Crippen LogP contribution in [0.3, 0.4) is 0 Å². The van der Waals surface area contributed by atoms with Gasteiger partial charge in [0.25, 0.3) is 0 Å². The van der Waals surface area contributed by atoms with Gasteiger partial charge in [-0.2, -0.15) is 0 Å². The first-order valence-electron chi connectivity index (χ1n) is 7.03. The second-order valence-electron chi connectivity index (χ2n) is 4.87. The quantitative estimate of drug-likeness (QED) is 0.751. The molecule has 3 nitrogen and oxygen atoms in total. The monoisotopic (exact) mass is 284 g/mol. The van der Waals surface area contributed by atoms with Gasteiger partial charge in [0.2, 0.25) is 0 Å². The van der Waals surface area contributed by atoms with Crippen molar-refractivity contribution in [3.8, 4) is 11.5 Å². The number of aryl methyl sites for hydroxylation is 1. The number of Topliss-reactive ketones (excluding diaryl/α,β-unsaturated/α-hetero) is 1. The third-order valence-electron chi connectivity index (χ3n) is 3.39. The summed E-state index contributed by atoms with van der Waals surface area (Å²) >= 11 is 0. The predicted octanol–water partition coefficient (Wildman–Crippen LogP) is 4.04. The van der Waals surface area contributed by atoms with Crippen molar-refractivity contribution in [3.63, 3.8) is 0 Å². The van der Waals surface area contributed by atoms with Crippen LogP contribution in [-0.4, -0.2) is 12.9 Å². The third kappa shape index (κ3) is 3.85. The molecule has 0 N–H and O–H groups in total. The molecule has 110 valence electrons. The average Bonchev–Trinajstić information content (AvgIpc) is 2.52. The van der Waals surface area contributed by atoms with E-state index in [-0.39, 0.29) is 5.78 Å². The highest BCUT2D eigenvalue weighted by Gasteiger charge is 2.08. The standard InChI is InChI=1S/C18H20O3/c1-4-14-6-5-7-17(10-14)21-12-16-11-15(13(2)19)8-9-18(16)20-3/h5-11H,4,12H2,1-3H3. The Bertz CT molecular complexity index is 632. The highest BCUT2D eigenvalue weighted by Crippen LogP contribution is 2.23. The lowest BCUT2D eigenvalue weighted by Crippen LogP contribution is -2.02. The third-order valence-corrected chi connectivity index (χ3v) is 3.39. The molecule has 0 aliphatic heterocycles. The molecule has 0 aliphatic carbocycles. The first-order valence-corrected chi connectivity index (χ1v) is 7.03. The van der Waals surface area contributed by atoms with Gasteiger partial charge in [-0.1, -0.05) is 19.1 Å².